The van der Waals surface area contributed by atoms with Crippen molar-refractivity contribution in [2.75, 3.05) is 0 Å². The highest BCUT2D eigenvalue weighted by Gasteiger charge is 2.00. The summed E-state index contributed by atoms with van der Waals surface area (Å²) in [5.74, 6) is 0.598. The molecule has 16 heavy (non-hydrogen) atoms. The third kappa shape index (κ3) is 2.67. The van der Waals surface area contributed by atoms with Crippen LogP contribution in [0.25, 0.3) is 0 Å². The molecule has 0 aliphatic carbocycles. The van der Waals surface area contributed by atoms with E-state index in [1.807, 2.05) is 31.2 Å². The number of aryl methyl sites for hydroxylation is 1. The first-order chi connectivity index (χ1) is 7.75. The minimum absolute atomic E-state index is 0.598. The van der Waals surface area contributed by atoms with Crippen LogP contribution in [0.3, 0.4) is 0 Å². The second-order valence-corrected chi connectivity index (χ2v) is 4.49. The van der Waals surface area contributed by atoms with E-state index in [-0.39, 0.29) is 0 Å². The normalized spacial score (nSPS) is 13.1. The summed E-state index contributed by atoms with van der Waals surface area (Å²) in [7, 11) is -1.37. The molecule has 0 aliphatic heterocycles. The maximum absolute atomic E-state index is 11.7. The molecule has 0 N–H and O–H groups in total. The third-order valence-corrected chi connectivity index (χ3v) is 3.01. The summed E-state index contributed by atoms with van der Waals surface area (Å²) >= 11 is 0. The van der Waals surface area contributed by atoms with Crippen molar-refractivity contribution in [2.45, 2.75) is 11.8 Å². The molecule has 0 radical (unpaired) electrons. The lowest BCUT2D eigenvalue weighted by atomic mass is 10.2. The van der Waals surface area contributed by atoms with E-state index in [4.69, 9.17) is 4.42 Å². The first-order valence-electron chi connectivity index (χ1n) is 4.82. The molecule has 0 saturated heterocycles. The van der Waals surface area contributed by atoms with E-state index >= 15 is 0 Å². The molecule has 1 heterocycles. The minimum atomic E-state index is -1.37. The van der Waals surface area contributed by atoms with Gasteiger partial charge in [0.05, 0.1) is 17.4 Å². The van der Waals surface area contributed by atoms with Gasteiger partial charge in [-0.15, -0.1) is 0 Å². The topological polar surface area (TPSA) is 42.6 Å². The Labute approximate surface area is 96.4 Å². The van der Waals surface area contributed by atoms with Crippen LogP contribution in [0.4, 0.5) is 0 Å². The van der Waals surface area contributed by atoms with Crippen molar-refractivity contribution in [1.82, 2.24) is 0 Å². The second-order valence-electron chi connectivity index (χ2n) is 3.31. The number of furan rings is 1. The molecule has 82 valence electrons. The number of hydrogen-bond acceptors (Lipinski definition) is 2. The van der Waals surface area contributed by atoms with Gasteiger partial charge >= 0.3 is 0 Å². The summed E-state index contributed by atoms with van der Waals surface area (Å²) in [4.78, 5) is 0.688. The SMILES string of the molecule is Cc1ccc(S(=O)N=Cc2ccco2)cc1. The quantitative estimate of drug-likeness (QED) is 0.765. The molecule has 1 aromatic heterocycles. The fourth-order valence-corrected chi connectivity index (χ4v) is 1.87. The smallest absolute Gasteiger partial charge is 0.172 e. The molecular formula is C12H11NO2S. The molecule has 1 atom stereocenters. The largest absolute Gasteiger partial charge is 0.463 e. The molecule has 2 rings (SSSR count). The van der Waals surface area contributed by atoms with Crippen LogP contribution in [-0.2, 0) is 11.0 Å². The molecule has 0 fully saturated rings. The van der Waals surface area contributed by atoms with E-state index in [2.05, 4.69) is 4.40 Å². The summed E-state index contributed by atoms with van der Waals surface area (Å²) in [6.45, 7) is 1.98. The molecule has 0 bridgehead atoms. The Morgan fingerprint density at radius 3 is 2.62 bits per heavy atom. The highest BCUT2D eigenvalue weighted by molar-refractivity contribution is 7.83. The van der Waals surface area contributed by atoms with Crippen molar-refractivity contribution >= 4 is 17.2 Å². The lowest BCUT2D eigenvalue weighted by molar-refractivity contribution is 0.560. The zero-order valence-corrected chi connectivity index (χ0v) is 9.61. The van der Waals surface area contributed by atoms with E-state index in [1.54, 1.807) is 18.4 Å². The Balaban J connectivity index is 2.11. The van der Waals surface area contributed by atoms with Gasteiger partial charge in [-0.3, -0.25) is 0 Å². The van der Waals surface area contributed by atoms with Crippen LogP contribution in [0.15, 0.2) is 56.4 Å². The predicted molar refractivity (Wildman–Crippen MR) is 63.9 cm³/mol. The molecule has 4 heteroatoms. The van der Waals surface area contributed by atoms with Gasteiger partial charge in [0.15, 0.2) is 11.0 Å². The molecule has 2 aromatic rings. The van der Waals surface area contributed by atoms with Gasteiger partial charge in [-0.2, -0.15) is 4.40 Å². The predicted octanol–water partition coefficient (Wildman–Crippen LogP) is 2.73. The molecule has 0 amide bonds. The molecule has 1 unspecified atom stereocenters. The first kappa shape index (κ1) is 10.8. The van der Waals surface area contributed by atoms with Crippen LogP contribution in [0.2, 0.25) is 0 Å². The van der Waals surface area contributed by atoms with Crippen molar-refractivity contribution < 1.29 is 8.63 Å². The highest BCUT2D eigenvalue weighted by atomic mass is 32.2. The van der Waals surface area contributed by atoms with Crippen molar-refractivity contribution in [1.29, 1.82) is 0 Å². The summed E-state index contributed by atoms with van der Waals surface area (Å²) in [6.07, 6.45) is 3.02. The Hall–Kier alpha value is -1.68. The average molecular weight is 233 g/mol. The van der Waals surface area contributed by atoms with Gasteiger partial charge in [-0.25, -0.2) is 4.21 Å². The maximum Gasteiger partial charge on any atom is 0.172 e. The Morgan fingerprint density at radius 2 is 2.00 bits per heavy atom. The van der Waals surface area contributed by atoms with E-state index < -0.39 is 11.0 Å². The fraction of sp³-hybridized carbons (Fsp3) is 0.0833. The highest BCUT2D eigenvalue weighted by Crippen LogP contribution is 2.09. The molecular weight excluding hydrogens is 222 g/mol. The summed E-state index contributed by atoms with van der Waals surface area (Å²) in [5.41, 5.74) is 1.13. The van der Waals surface area contributed by atoms with Gasteiger partial charge in [-0.05, 0) is 31.2 Å². The van der Waals surface area contributed by atoms with Crippen molar-refractivity contribution in [2.24, 2.45) is 4.40 Å². The summed E-state index contributed by atoms with van der Waals surface area (Å²) < 4.78 is 20.7. The van der Waals surface area contributed by atoms with Gasteiger partial charge in [-0.1, -0.05) is 17.7 Å². The van der Waals surface area contributed by atoms with Crippen LogP contribution in [0.1, 0.15) is 11.3 Å². The van der Waals surface area contributed by atoms with E-state index in [1.165, 1.54) is 6.21 Å². The molecule has 3 nitrogen and oxygen atoms in total. The van der Waals surface area contributed by atoms with Crippen LogP contribution in [0.5, 0.6) is 0 Å². The molecule has 0 aliphatic rings. The molecule has 0 saturated carbocycles. The van der Waals surface area contributed by atoms with Gasteiger partial charge in [0.1, 0.15) is 5.76 Å². The van der Waals surface area contributed by atoms with Crippen molar-refractivity contribution in [3.05, 3.63) is 54.0 Å². The van der Waals surface area contributed by atoms with E-state index in [0.29, 0.717) is 10.7 Å². The first-order valence-corrected chi connectivity index (χ1v) is 5.92. The lowest BCUT2D eigenvalue weighted by Crippen LogP contribution is -1.88. The monoisotopic (exact) mass is 233 g/mol. The van der Waals surface area contributed by atoms with E-state index in [9.17, 15) is 4.21 Å². The van der Waals surface area contributed by atoms with Gasteiger partial charge in [0, 0.05) is 0 Å². The molecule has 1 aromatic carbocycles. The third-order valence-electron chi connectivity index (χ3n) is 2.04. The van der Waals surface area contributed by atoms with Crippen LogP contribution < -0.4 is 0 Å². The number of benzene rings is 1. The number of nitrogens with zero attached hydrogens (tertiary/aromatic N) is 1. The average Bonchev–Trinajstić information content (AvgIpc) is 2.80. The Bertz CT molecular complexity index is 500. The standard InChI is InChI=1S/C12H11NO2S/c1-10-4-6-12(7-5-10)16(14)13-9-11-3-2-8-15-11/h2-9H,1H3. The number of hydrogen-bond donors (Lipinski definition) is 0. The minimum Gasteiger partial charge on any atom is -0.463 e. The van der Waals surface area contributed by atoms with Crippen LogP contribution >= 0.6 is 0 Å². The van der Waals surface area contributed by atoms with Gasteiger partial charge in [0.2, 0.25) is 0 Å². The maximum atomic E-state index is 11.7. The van der Waals surface area contributed by atoms with Crippen molar-refractivity contribution in [3.63, 3.8) is 0 Å². The number of rotatable bonds is 3. The molecule has 0 spiro atoms. The van der Waals surface area contributed by atoms with E-state index in [0.717, 1.165) is 5.56 Å². The second kappa shape index (κ2) is 4.90. The zero-order chi connectivity index (χ0) is 11.4. The van der Waals surface area contributed by atoms with Gasteiger partial charge in [0.25, 0.3) is 0 Å². The summed E-state index contributed by atoms with van der Waals surface area (Å²) in [6, 6.07) is 11.0. The Kier molecular flexibility index (Phi) is 3.31. The fourth-order valence-electron chi connectivity index (χ4n) is 1.18. The van der Waals surface area contributed by atoms with Gasteiger partial charge < -0.3 is 4.42 Å². The summed E-state index contributed by atoms with van der Waals surface area (Å²) in [5, 5.41) is 0. The zero-order valence-electron chi connectivity index (χ0n) is 8.79. The van der Waals surface area contributed by atoms with Crippen LogP contribution in [0, 0.1) is 6.92 Å². The lowest BCUT2D eigenvalue weighted by Gasteiger charge is -1.96. The van der Waals surface area contributed by atoms with Crippen LogP contribution in [-0.4, -0.2) is 10.4 Å². The Morgan fingerprint density at radius 1 is 1.25 bits per heavy atom. The van der Waals surface area contributed by atoms with Crippen molar-refractivity contribution in [3.8, 4) is 0 Å².